The number of hydrogen-bond donors (Lipinski definition) is 2. The van der Waals surface area contributed by atoms with Gasteiger partial charge in [-0.1, -0.05) is 6.07 Å². The van der Waals surface area contributed by atoms with E-state index in [1.165, 1.54) is 12.1 Å². The van der Waals surface area contributed by atoms with E-state index >= 15 is 0 Å². The SMILES string of the molecule is O=C(O)c1cccc(N2C(=O)CCCC2=O)c1C(=O)O. The Kier molecular flexibility index (Phi) is 3.51. The quantitative estimate of drug-likeness (QED) is 0.801. The summed E-state index contributed by atoms with van der Waals surface area (Å²) >= 11 is 0. The fourth-order valence-electron chi connectivity index (χ4n) is 2.15. The predicted octanol–water partition coefficient (Wildman–Crippen LogP) is 1.13. The van der Waals surface area contributed by atoms with Crippen molar-refractivity contribution in [2.75, 3.05) is 4.90 Å². The first-order valence-electron chi connectivity index (χ1n) is 5.89. The van der Waals surface area contributed by atoms with Gasteiger partial charge in [-0.25, -0.2) is 14.5 Å². The molecule has 2 amide bonds. The summed E-state index contributed by atoms with van der Waals surface area (Å²) < 4.78 is 0. The Labute approximate surface area is 113 Å². The summed E-state index contributed by atoms with van der Waals surface area (Å²) in [5.41, 5.74) is -1.20. The van der Waals surface area contributed by atoms with Crippen LogP contribution in [0.3, 0.4) is 0 Å². The number of nitrogens with zero attached hydrogens (tertiary/aromatic N) is 1. The lowest BCUT2D eigenvalue weighted by Crippen LogP contribution is -2.41. The maximum absolute atomic E-state index is 11.8. The van der Waals surface area contributed by atoms with E-state index in [9.17, 15) is 24.3 Å². The van der Waals surface area contributed by atoms with Crippen LogP contribution in [0.5, 0.6) is 0 Å². The van der Waals surface area contributed by atoms with E-state index in [4.69, 9.17) is 5.11 Å². The van der Waals surface area contributed by atoms with Gasteiger partial charge in [0, 0.05) is 12.8 Å². The maximum Gasteiger partial charge on any atom is 0.338 e. The summed E-state index contributed by atoms with van der Waals surface area (Å²) in [5, 5.41) is 18.2. The summed E-state index contributed by atoms with van der Waals surface area (Å²) in [7, 11) is 0. The Morgan fingerprint density at radius 2 is 1.60 bits per heavy atom. The summed E-state index contributed by atoms with van der Waals surface area (Å²) in [6.07, 6.45) is 0.666. The smallest absolute Gasteiger partial charge is 0.338 e. The largest absolute Gasteiger partial charge is 0.478 e. The number of hydrogen-bond acceptors (Lipinski definition) is 4. The van der Waals surface area contributed by atoms with Gasteiger partial charge >= 0.3 is 11.9 Å². The van der Waals surface area contributed by atoms with Crippen LogP contribution in [0, 0.1) is 0 Å². The number of amides is 2. The van der Waals surface area contributed by atoms with E-state index in [0.29, 0.717) is 6.42 Å². The Morgan fingerprint density at radius 1 is 1.00 bits per heavy atom. The second kappa shape index (κ2) is 5.12. The van der Waals surface area contributed by atoms with Crippen molar-refractivity contribution in [2.45, 2.75) is 19.3 Å². The van der Waals surface area contributed by atoms with Crippen LogP contribution >= 0.6 is 0 Å². The third-order valence-electron chi connectivity index (χ3n) is 3.01. The summed E-state index contributed by atoms with van der Waals surface area (Å²) in [5.74, 6) is -3.97. The molecule has 1 fully saturated rings. The van der Waals surface area contributed by atoms with Gasteiger partial charge in [0.1, 0.15) is 0 Å². The van der Waals surface area contributed by atoms with Gasteiger partial charge in [0.2, 0.25) is 11.8 Å². The van der Waals surface area contributed by atoms with Crippen LogP contribution in [0.2, 0.25) is 0 Å². The van der Waals surface area contributed by atoms with Crippen molar-refractivity contribution in [3.8, 4) is 0 Å². The standard InChI is InChI=1S/C13H11NO6/c15-9-5-2-6-10(16)14(9)8-4-1-3-7(12(17)18)11(8)13(19)20/h1,3-4H,2,5-6H2,(H,17,18)(H,19,20). The van der Waals surface area contributed by atoms with Crippen molar-refractivity contribution in [1.82, 2.24) is 0 Å². The minimum Gasteiger partial charge on any atom is -0.478 e. The van der Waals surface area contributed by atoms with Gasteiger partial charge in [-0.3, -0.25) is 9.59 Å². The molecule has 7 nitrogen and oxygen atoms in total. The molecule has 2 rings (SSSR count). The summed E-state index contributed by atoms with van der Waals surface area (Å²) in [6, 6.07) is 3.69. The first-order valence-corrected chi connectivity index (χ1v) is 5.89. The molecule has 0 atom stereocenters. The van der Waals surface area contributed by atoms with Gasteiger partial charge in [-0.05, 0) is 18.6 Å². The molecule has 104 valence electrons. The molecule has 0 aromatic heterocycles. The van der Waals surface area contributed by atoms with Gasteiger partial charge in [-0.15, -0.1) is 0 Å². The number of carboxylic acid groups (broad SMARTS) is 2. The molecule has 2 N–H and O–H groups in total. The van der Waals surface area contributed by atoms with E-state index in [2.05, 4.69) is 0 Å². The first-order chi connectivity index (χ1) is 9.43. The number of aromatic carboxylic acids is 2. The van der Waals surface area contributed by atoms with Gasteiger partial charge < -0.3 is 10.2 Å². The van der Waals surface area contributed by atoms with E-state index in [0.717, 1.165) is 11.0 Å². The van der Waals surface area contributed by atoms with Crippen LogP contribution in [-0.2, 0) is 9.59 Å². The molecular formula is C13H11NO6. The fraction of sp³-hybridized carbons (Fsp3) is 0.231. The lowest BCUT2D eigenvalue weighted by atomic mass is 10.0. The summed E-state index contributed by atoms with van der Waals surface area (Å²) in [4.78, 5) is 46.8. The molecule has 1 saturated heterocycles. The molecule has 0 unspecified atom stereocenters. The molecule has 20 heavy (non-hydrogen) atoms. The average Bonchev–Trinajstić information content (AvgIpc) is 2.37. The highest BCUT2D eigenvalue weighted by Crippen LogP contribution is 2.28. The number of piperidine rings is 1. The Balaban J connectivity index is 2.64. The topological polar surface area (TPSA) is 112 Å². The van der Waals surface area contributed by atoms with Crippen LogP contribution in [0.1, 0.15) is 40.0 Å². The number of anilines is 1. The lowest BCUT2D eigenvalue weighted by molar-refractivity contribution is -0.129. The molecule has 0 bridgehead atoms. The molecule has 0 saturated carbocycles. The average molecular weight is 277 g/mol. The summed E-state index contributed by atoms with van der Waals surface area (Å²) in [6.45, 7) is 0. The van der Waals surface area contributed by atoms with Crippen LogP contribution in [-0.4, -0.2) is 34.0 Å². The number of imide groups is 1. The van der Waals surface area contributed by atoms with Crippen molar-refractivity contribution in [3.63, 3.8) is 0 Å². The minimum absolute atomic E-state index is 0.127. The van der Waals surface area contributed by atoms with E-state index in [1.54, 1.807) is 0 Å². The van der Waals surface area contributed by atoms with Crippen LogP contribution < -0.4 is 4.90 Å². The highest BCUT2D eigenvalue weighted by Gasteiger charge is 2.32. The van der Waals surface area contributed by atoms with Gasteiger partial charge in [0.15, 0.2) is 0 Å². The number of carbonyl (C=O) groups excluding carboxylic acids is 2. The fourth-order valence-corrected chi connectivity index (χ4v) is 2.15. The molecule has 1 aliphatic rings. The zero-order valence-electron chi connectivity index (χ0n) is 10.3. The monoisotopic (exact) mass is 277 g/mol. The molecule has 1 aliphatic heterocycles. The van der Waals surface area contributed by atoms with Gasteiger partial charge in [-0.2, -0.15) is 0 Å². The lowest BCUT2D eigenvalue weighted by Gasteiger charge is -2.26. The van der Waals surface area contributed by atoms with Crippen molar-refractivity contribution in [2.24, 2.45) is 0 Å². The maximum atomic E-state index is 11.8. The molecule has 7 heteroatoms. The first kappa shape index (κ1) is 13.7. The zero-order chi connectivity index (χ0) is 14.9. The molecule has 1 aromatic carbocycles. The molecule has 0 radical (unpaired) electrons. The van der Waals surface area contributed by atoms with E-state index < -0.39 is 34.9 Å². The molecule has 0 spiro atoms. The van der Waals surface area contributed by atoms with Crippen molar-refractivity contribution in [3.05, 3.63) is 29.3 Å². The van der Waals surface area contributed by atoms with Gasteiger partial charge in [0.25, 0.3) is 0 Å². The predicted molar refractivity (Wildman–Crippen MR) is 66.7 cm³/mol. The number of benzene rings is 1. The Hall–Kier alpha value is -2.70. The van der Waals surface area contributed by atoms with E-state index in [1.807, 2.05) is 0 Å². The van der Waals surface area contributed by atoms with E-state index in [-0.39, 0.29) is 18.5 Å². The minimum atomic E-state index is -1.50. The van der Waals surface area contributed by atoms with Gasteiger partial charge in [0.05, 0.1) is 16.8 Å². The number of carboxylic acids is 2. The highest BCUT2D eigenvalue weighted by atomic mass is 16.4. The third-order valence-corrected chi connectivity index (χ3v) is 3.01. The third kappa shape index (κ3) is 2.25. The van der Waals surface area contributed by atoms with Crippen LogP contribution in [0.25, 0.3) is 0 Å². The van der Waals surface area contributed by atoms with Crippen LogP contribution in [0.15, 0.2) is 18.2 Å². The highest BCUT2D eigenvalue weighted by molar-refractivity contribution is 6.20. The normalized spacial score (nSPS) is 15.3. The Bertz CT molecular complexity index is 605. The zero-order valence-corrected chi connectivity index (χ0v) is 10.3. The van der Waals surface area contributed by atoms with Crippen molar-refractivity contribution < 1.29 is 29.4 Å². The molecule has 1 aromatic rings. The van der Waals surface area contributed by atoms with Crippen molar-refractivity contribution >= 4 is 29.4 Å². The van der Waals surface area contributed by atoms with Crippen LogP contribution in [0.4, 0.5) is 5.69 Å². The Morgan fingerprint density at radius 3 is 2.10 bits per heavy atom. The second-order valence-electron chi connectivity index (χ2n) is 4.29. The molecule has 0 aliphatic carbocycles. The number of carbonyl (C=O) groups is 4. The second-order valence-corrected chi connectivity index (χ2v) is 4.29. The molecule has 1 heterocycles. The molecular weight excluding hydrogens is 266 g/mol. The number of rotatable bonds is 3. The van der Waals surface area contributed by atoms with Crippen molar-refractivity contribution in [1.29, 1.82) is 0 Å².